The van der Waals surface area contributed by atoms with Gasteiger partial charge in [0.1, 0.15) is 12.7 Å². The summed E-state index contributed by atoms with van der Waals surface area (Å²) in [5.41, 5.74) is 2.73. The Bertz CT molecular complexity index is 507. The van der Waals surface area contributed by atoms with E-state index in [1.165, 1.54) is 11.1 Å². The van der Waals surface area contributed by atoms with Crippen LogP contribution in [-0.4, -0.2) is 27.4 Å². The third-order valence-electron chi connectivity index (χ3n) is 3.64. The van der Waals surface area contributed by atoms with Gasteiger partial charge in [0.05, 0.1) is 0 Å². The van der Waals surface area contributed by atoms with Crippen LogP contribution in [0, 0.1) is 6.92 Å². The van der Waals surface area contributed by atoms with Crippen molar-refractivity contribution in [2.24, 2.45) is 0 Å². The van der Waals surface area contributed by atoms with Gasteiger partial charge >= 0.3 is 0 Å². The van der Waals surface area contributed by atoms with Crippen LogP contribution in [0.3, 0.4) is 0 Å². The van der Waals surface area contributed by atoms with E-state index in [0.717, 1.165) is 19.5 Å². The fourth-order valence-corrected chi connectivity index (χ4v) is 2.25. The Morgan fingerprint density at radius 3 is 2.85 bits per heavy atom. The van der Waals surface area contributed by atoms with Crippen molar-refractivity contribution in [1.82, 2.24) is 20.1 Å². The first kappa shape index (κ1) is 14.7. The zero-order valence-electron chi connectivity index (χ0n) is 12.6. The Kier molecular flexibility index (Phi) is 5.30. The van der Waals surface area contributed by atoms with Crippen molar-refractivity contribution in [3.63, 3.8) is 0 Å². The Hall–Kier alpha value is -1.68. The van der Waals surface area contributed by atoms with Crippen LogP contribution in [0.25, 0.3) is 0 Å². The van der Waals surface area contributed by atoms with E-state index < -0.39 is 0 Å². The largest absolute Gasteiger partial charge is 0.314 e. The van der Waals surface area contributed by atoms with Crippen LogP contribution in [0.4, 0.5) is 0 Å². The second kappa shape index (κ2) is 7.20. The lowest BCUT2D eigenvalue weighted by Crippen LogP contribution is -2.30. The van der Waals surface area contributed by atoms with Crippen molar-refractivity contribution in [1.29, 1.82) is 0 Å². The topological polar surface area (TPSA) is 42.7 Å². The van der Waals surface area contributed by atoms with Crippen LogP contribution >= 0.6 is 0 Å². The lowest BCUT2D eigenvalue weighted by Gasteiger charge is -2.18. The van der Waals surface area contributed by atoms with Gasteiger partial charge in [-0.1, -0.05) is 36.8 Å². The van der Waals surface area contributed by atoms with Gasteiger partial charge in [-0.3, -0.25) is 4.68 Å². The molecule has 0 saturated carbocycles. The number of rotatable bonds is 7. The Labute approximate surface area is 121 Å². The predicted molar refractivity (Wildman–Crippen MR) is 81.7 cm³/mol. The van der Waals surface area contributed by atoms with Gasteiger partial charge in [-0.05, 0) is 31.7 Å². The molecule has 0 saturated heterocycles. The molecule has 2 atom stereocenters. The summed E-state index contributed by atoms with van der Waals surface area (Å²) in [5.74, 6) is 0.531. The van der Waals surface area contributed by atoms with E-state index in [1.807, 2.05) is 4.68 Å². The van der Waals surface area contributed by atoms with Crippen molar-refractivity contribution in [2.45, 2.75) is 45.7 Å². The molecular weight excluding hydrogens is 248 g/mol. The second-order valence-electron chi connectivity index (χ2n) is 5.57. The fraction of sp³-hybridized carbons (Fsp3) is 0.500. The highest BCUT2D eigenvalue weighted by atomic mass is 15.3. The van der Waals surface area contributed by atoms with Crippen molar-refractivity contribution in [3.8, 4) is 0 Å². The van der Waals surface area contributed by atoms with E-state index in [4.69, 9.17) is 0 Å². The van der Waals surface area contributed by atoms with Crippen LogP contribution in [0.2, 0.25) is 0 Å². The van der Waals surface area contributed by atoms with Crippen LogP contribution in [0.1, 0.15) is 37.3 Å². The van der Waals surface area contributed by atoms with Gasteiger partial charge in [-0.15, -0.1) is 0 Å². The maximum atomic E-state index is 4.12. The summed E-state index contributed by atoms with van der Waals surface area (Å²) < 4.78 is 1.88. The maximum absolute atomic E-state index is 4.12. The molecule has 1 heterocycles. The number of nitrogens with zero attached hydrogens (tertiary/aromatic N) is 3. The molecule has 1 aromatic carbocycles. The minimum atomic E-state index is 0.478. The minimum Gasteiger partial charge on any atom is -0.314 e. The average Bonchev–Trinajstić information content (AvgIpc) is 2.95. The van der Waals surface area contributed by atoms with Gasteiger partial charge in [-0.2, -0.15) is 5.10 Å². The zero-order chi connectivity index (χ0) is 14.4. The molecule has 2 rings (SSSR count). The lowest BCUT2D eigenvalue weighted by molar-refractivity contribution is 0.447. The van der Waals surface area contributed by atoms with E-state index in [-0.39, 0.29) is 0 Å². The van der Waals surface area contributed by atoms with Gasteiger partial charge in [0.2, 0.25) is 0 Å². The molecule has 1 N–H and O–H groups in total. The van der Waals surface area contributed by atoms with Gasteiger partial charge in [0, 0.05) is 19.1 Å². The molecular formula is C16H24N4. The summed E-state index contributed by atoms with van der Waals surface area (Å²) in [4.78, 5) is 3.95. The van der Waals surface area contributed by atoms with Crippen molar-refractivity contribution < 1.29 is 0 Å². The molecule has 108 valence electrons. The smallest absolute Gasteiger partial charge is 0.137 e. The summed E-state index contributed by atoms with van der Waals surface area (Å²) in [7, 11) is 0. The first-order valence-electron chi connectivity index (χ1n) is 7.27. The van der Waals surface area contributed by atoms with Crippen molar-refractivity contribution >= 4 is 0 Å². The molecule has 0 unspecified atom stereocenters. The van der Waals surface area contributed by atoms with E-state index in [0.29, 0.717) is 12.0 Å². The zero-order valence-corrected chi connectivity index (χ0v) is 12.6. The maximum Gasteiger partial charge on any atom is 0.137 e. The highest BCUT2D eigenvalue weighted by Gasteiger charge is 2.08. The average molecular weight is 272 g/mol. The number of hydrogen-bond donors (Lipinski definition) is 1. The third kappa shape index (κ3) is 4.46. The van der Waals surface area contributed by atoms with E-state index in [2.05, 4.69) is 60.4 Å². The standard InChI is InChI=1S/C16H24N4/c1-13-5-4-6-16(9-13)14(2)10-18-15(3)7-8-20-12-17-11-19-20/h4-6,9,11-12,14-15,18H,7-8,10H2,1-3H3/t14-,15-/m0/s1. The molecule has 4 heteroatoms. The van der Waals surface area contributed by atoms with Gasteiger partial charge in [0.25, 0.3) is 0 Å². The predicted octanol–water partition coefficient (Wildman–Crippen LogP) is 2.76. The highest BCUT2D eigenvalue weighted by molar-refractivity contribution is 5.25. The number of aromatic nitrogens is 3. The SMILES string of the molecule is Cc1cccc([C@@H](C)CN[C@@H](C)CCn2cncn2)c1. The monoisotopic (exact) mass is 272 g/mol. The molecule has 20 heavy (non-hydrogen) atoms. The van der Waals surface area contributed by atoms with Gasteiger partial charge in [0.15, 0.2) is 0 Å². The molecule has 0 fully saturated rings. The van der Waals surface area contributed by atoms with Gasteiger partial charge < -0.3 is 5.32 Å². The third-order valence-corrected chi connectivity index (χ3v) is 3.64. The molecule has 1 aromatic heterocycles. The summed E-state index contributed by atoms with van der Waals surface area (Å²) in [5, 5.41) is 7.72. The molecule has 4 nitrogen and oxygen atoms in total. The summed E-state index contributed by atoms with van der Waals surface area (Å²) in [6.45, 7) is 8.55. The number of aryl methyl sites for hydroxylation is 2. The molecule has 0 aliphatic heterocycles. The molecule has 2 aromatic rings. The number of benzene rings is 1. The summed E-state index contributed by atoms with van der Waals surface area (Å²) in [6, 6.07) is 9.23. The van der Waals surface area contributed by atoms with E-state index >= 15 is 0 Å². The van der Waals surface area contributed by atoms with Crippen molar-refractivity contribution in [3.05, 3.63) is 48.0 Å². The van der Waals surface area contributed by atoms with Crippen LogP contribution in [0.5, 0.6) is 0 Å². The molecule has 0 amide bonds. The second-order valence-corrected chi connectivity index (χ2v) is 5.57. The Balaban J connectivity index is 1.73. The summed E-state index contributed by atoms with van der Waals surface area (Å²) in [6.07, 6.45) is 4.41. The Morgan fingerprint density at radius 1 is 1.30 bits per heavy atom. The van der Waals surface area contributed by atoms with E-state index in [1.54, 1.807) is 12.7 Å². The molecule has 0 radical (unpaired) electrons. The van der Waals surface area contributed by atoms with Gasteiger partial charge in [-0.25, -0.2) is 4.98 Å². The number of nitrogens with one attached hydrogen (secondary N) is 1. The molecule has 0 aliphatic rings. The first-order valence-corrected chi connectivity index (χ1v) is 7.27. The Morgan fingerprint density at radius 2 is 2.15 bits per heavy atom. The van der Waals surface area contributed by atoms with E-state index in [9.17, 15) is 0 Å². The highest BCUT2D eigenvalue weighted by Crippen LogP contribution is 2.15. The number of hydrogen-bond acceptors (Lipinski definition) is 3. The lowest BCUT2D eigenvalue weighted by atomic mass is 9.99. The van der Waals surface area contributed by atoms with Crippen molar-refractivity contribution in [2.75, 3.05) is 6.54 Å². The molecule has 0 bridgehead atoms. The fourth-order valence-electron chi connectivity index (χ4n) is 2.25. The van der Waals surface area contributed by atoms with Crippen LogP contribution in [-0.2, 0) is 6.54 Å². The molecule has 0 aliphatic carbocycles. The summed E-state index contributed by atoms with van der Waals surface area (Å²) >= 11 is 0. The first-order chi connectivity index (χ1) is 9.65. The quantitative estimate of drug-likeness (QED) is 0.843. The minimum absolute atomic E-state index is 0.478. The van der Waals surface area contributed by atoms with Crippen LogP contribution in [0.15, 0.2) is 36.9 Å². The van der Waals surface area contributed by atoms with Crippen LogP contribution < -0.4 is 5.32 Å². The molecule has 0 spiro atoms. The normalized spacial score (nSPS) is 14.2.